The molecule has 0 amide bonds. The van der Waals surface area contributed by atoms with Crippen molar-refractivity contribution in [2.24, 2.45) is 0 Å². The second-order valence-electron chi connectivity index (χ2n) is 3.80. The number of phenolic OH excluding ortho intramolecular Hbond substituents is 1. The molecular weight excluding hydrogens is 259 g/mol. The van der Waals surface area contributed by atoms with Crippen molar-refractivity contribution >= 4 is 0 Å². The van der Waals surface area contributed by atoms with Crippen LogP contribution in [-0.4, -0.2) is 17.2 Å². The van der Waals surface area contributed by atoms with Gasteiger partial charge in [-0.2, -0.15) is 13.2 Å². The number of hydrogen-bond acceptors (Lipinski definition) is 3. The van der Waals surface area contributed by atoms with Gasteiger partial charge in [-0.3, -0.25) is 4.98 Å². The summed E-state index contributed by atoms with van der Waals surface area (Å²) in [6.07, 6.45) is -2.39. The van der Waals surface area contributed by atoms with E-state index >= 15 is 0 Å². The summed E-state index contributed by atoms with van der Waals surface area (Å²) in [6, 6.07) is 4.94. The van der Waals surface area contributed by atoms with Gasteiger partial charge < -0.3 is 9.84 Å². The van der Waals surface area contributed by atoms with E-state index in [-0.39, 0.29) is 16.9 Å². The Morgan fingerprint density at radius 3 is 2.53 bits per heavy atom. The maximum Gasteiger partial charge on any atom is 0.417 e. The summed E-state index contributed by atoms with van der Waals surface area (Å²) in [6.45, 7) is 0. The first-order chi connectivity index (χ1) is 8.93. The average Bonchev–Trinajstić information content (AvgIpc) is 2.38. The molecule has 2 aromatic rings. The van der Waals surface area contributed by atoms with Gasteiger partial charge in [0, 0.05) is 23.5 Å². The molecule has 0 aliphatic heterocycles. The summed E-state index contributed by atoms with van der Waals surface area (Å²) in [5, 5.41) is 9.72. The van der Waals surface area contributed by atoms with Gasteiger partial charge in [0.1, 0.15) is 11.5 Å². The quantitative estimate of drug-likeness (QED) is 0.907. The van der Waals surface area contributed by atoms with E-state index in [9.17, 15) is 18.3 Å². The first-order valence-electron chi connectivity index (χ1n) is 5.32. The van der Waals surface area contributed by atoms with Gasteiger partial charge in [0.25, 0.3) is 0 Å². The van der Waals surface area contributed by atoms with Crippen LogP contribution in [-0.2, 0) is 6.18 Å². The number of pyridine rings is 1. The monoisotopic (exact) mass is 269 g/mol. The Morgan fingerprint density at radius 2 is 1.89 bits per heavy atom. The minimum Gasteiger partial charge on any atom is -0.507 e. The lowest BCUT2D eigenvalue weighted by Gasteiger charge is -2.13. The number of halogens is 3. The number of hydrogen-bond donors (Lipinski definition) is 1. The van der Waals surface area contributed by atoms with E-state index in [4.69, 9.17) is 4.74 Å². The summed E-state index contributed by atoms with van der Waals surface area (Å²) in [5.74, 6) is 0.0871. The molecule has 0 aliphatic carbocycles. The molecule has 0 spiro atoms. The Labute approximate surface area is 107 Å². The summed E-state index contributed by atoms with van der Waals surface area (Å²) >= 11 is 0. The second-order valence-corrected chi connectivity index (χ2v) is 3.80. The first kappa shape index (κ1) is 13.2. The zero-order chi connectivity index (χ0) is 14.0. The topological polar surface area (TPSA) is 42.4 Å². The maximum absolute atomic E-state index is 12.9. The lowest BCUT2D eigenvalue weighted by molar-refractivity contribution is -0.137. The van der Waals surface area contributed by atoms with Gasteiger partial charge in [0.15, 0.2) is 0 Å². The Hall–Kier alpha value is -2.24. The zero-order valence-electron chi connectivity index (χ0n) is 9.90. The van der Waals surface area contributed by atoms with Crippen LogP contribution in [0.1, 0.15) is 5.56 Å². The summed E-state index contributed by atoms with van der Waals surface area (Å²) in [4.78, 5) is 3.68. The van der Waals surface area contributed by atoms with Crippen molar-refractivity contribution in [3.05, 3.63) is 42.2 Å². The van der Waals surface area contributed by atoms with Gasteiger partial charge >= 0.3 is 6.18 Å². The summed E-state index contributed by atoms with van der Waals surface area (Å²) in [5.41, 5.74) is -1.02. The smallest absolute Gasteiger partial charge is 0.417 e. The molecule has 100 valence electrons. The number of phenols is 1. The van der Waals surface area contributed by atoms with Crippen molar-refractivity contribution in [3.63, 3.8) is 0 Å². The van der Waals surface area contributed by atoms with E-state index in [1.165, 1.54) is 25.3 Å². The number of nitrogens with zero attached hydrogens (tertiary/aromatic N) is 1. The van der Waals surface area contributed by atoms with Crippen molar-refractivity contribution in [1.82, 2.24) is 4.98 Å². The number of benzene rings is 1. The van der Waals surface area contributed by atoms with Gasteiger partial charge in [0.05, 0.1) is 12.7 Å². The lowest BCUT2D eigenvalue weighted by atomic mass is 10.0. The molecule has 1 aromatic heterocycles. The molecule has 6 heteroatoms. The fourth-order valence-corrected chi connectivity index (χ4v) is 1.71. The van der Waals surface area contributed by atoms with Crippen LogP contribution in [0.3, 0.4) is 0 Å². The number of aromatic nitrogens is 1. The van der Waals surface area contributed by atoms with E-state index in [1.807, 2.05) is 0 Å². The summed E-state index contributed by atoms with van der Waals surface area (Å²) < 4.78 is 43.7. The Kier molecular flexibility index (Phi) is 3.33. The molecule has 1 aromatic carbocycles. The number of methoxy groups -OCH3 is 1. The highest BCUT2D eigenvalue weighted by molar-refractivity contribution is 5.74. The van der Waals surface area contributed by atoms with E-state index < -0.39 is 11.7 Å². The molecule has 0 fully saturated rings. The maximum atomic E-state index is 12.9. The molecule has 0 aliphatic rings. The fourth-order valence-electron chi connectivity index (χ4n) is 1.71. The van der Waals surface area contributed by atoms with Crippen LogP contribution < -0.4 is 4.74 Å². The van der Waals surface area contributed by atoms with Crippen LogP contribution in [0.25, 0.3) is 11.1 Å². The largest absolute Gasteiger partial charge is 0.507 e. The Morgan fingerprint density at radius 1 is 1.16 bits per heavy atom. The molecule has 0 bridgehead atoms. The zero-order valence-corrected chi connectivity index (χ0v) is 9.90. The van der Waals surface area contributed by atoms with Crippen LogP contribution >= 0.6 is 0 Å². The van der Waals surface area contributed by atoms with Crippen LogP contribution in [0.15, 0.2) is 36.7 Å². The highest BCUT2D eigenvalue weighted by Crippen LogP contribution is 2.40. The third-order valence-electron chi connectivity index (χ3n) is 2.62. The van der Waals surface area contributed by atoms with Crippen molar-refractivity contribution in [1.29, 1.82) is 0 Å². The predicted octanol–water partition coefficient (Wildman–Crippen LogP) is 3.48. The van der Waals surface area contributed by atoms with Crippen molar-refractivity contribution in [2.75, 3.05) is 7.11 Å². The first-order valence-corrected chi connectivity index (χ1v) is 5.32. The van der Waals surface area contributed by atoms with Crippen molar-refractivity contribution < 1.29 is 23.0 Å². The number of aromatic hydroxyl groups is 1. The van der Waals surface area contributed by atoms with Crippen molar-refractivity contribution in [3.8, 4) is 22.6 Å². The van der Waals surface area contributed by atoms with Gasteiger partial charge in [-0.05, 0) is 24.3 Å². The Bertz CT molecular complexity index is 597. The third-order valence-corrected chi connectivity index (χ3v) is 2.62. The van der Waals surface area contributed by atoms with Gasteiger partial charge in [-0.25, -0.2) is 0 Å². The van der Waals surface area contributed by atoms with E-state index in [0.29, 0.717) is 5.75 Å². The second kappa shape index (κ2) is 4.79. The predicted molar refractivity (Wildman–Crippen MR) is 62.9 cm³/mol. The molecule has 3 nitrogen and oxygen atoms in total. The van der Waals surface area contributed by atoms with Crippen molar-refractivity contribution in [2.45, 2.75) is 6.18 Å². The number of rotatable bonds is 2. The SMILES string of the molecule is COc1ccc(O)c(-c2cnccc2C(F)(F)F)c1. The average molecular weight is 269 g/mol. The van der Waals surface area contributed by atoms with E-state index in [2.05, 4.69) is 4.98 Å². The van der Waals surface area contributed by atoms with E-state index in [1.54, 1.807) is 0 Å². The fraction of sp³-hybridized carbons (Fsp3) is 0.154. The molecule has 2 rings (SSSR count). The molecule has 0 unspecified atom stereocenters. The molecule has 19 heavy (non-hydrogen) atoms. The minimum atomic E-state index is -4.52. The van der Waals surface area contributed by atoms with E-state index in [0.717, 1.165) is 18.5 Å². The van der Waals surface area contributed by atoms with Gasteiger partial charge in [-0.1, -0.05) is 0 Å². The van der Waals surface area contributed by atoms with Gasteiger partial charge in [-0.15, -0.1) is 0 Å². The molecule has 1 heterocycles. The molecule has 0 saturated carbocycles. The standard InChI is InChI=1S/C13H10F3NO2/c1-19-8-2-3-12(18)9(6-8)10-7-17-5-4-11(10)13(14,15)16/h2-7,18H,1H3. The minimum absolute atomic E-state index is 0.0276. The van der Waals surface area contributed by atoms with Gasteiger partial charge in [0.2, 0.25) is 0 Å². The highest BCUT2D eigenvalue weighted by atomic mass is 19.4. The summed E-state index contributed by atoms with van der Waals surface area (Å²) in [7, 11) is 1.39. The Balaban J connectivity index is 2.65. The molecule has 1 N–H and O–H groups in total. The molecular formula is C13H10F3NO2. The van der Waals surface area contributed by atoms with Crippen LogP contribution in [0.5, 0.6) is 11.5 Å². The number of ether oxygens (including phenoxy) is 1. The van der Waals surface area contributed by atoms with Crippen LogP contribution in [0, 0.1) is 0 Å². The number of alkyl halides is 3. The highest BCUT2D eigenvalue weighted by Gasteiger charge is 2.34. The normalized spacial score (nSPS) is 11.4. The lowest BCUT2D eigenvalue weighted by Crippen LogP contribution is -2.07. The third kappa shape index (κ3) is 2.62. The van der Waals surface area contributed by atoms with Crippen LogP contribution in [0.2, 0.25) is 0 Å². The molecule has 0 atom stereocenters. The molecule has 0 saturated heterocycles. The molecule has 0 radical (unpaired) electrons. The van der Waals surface area contributed by atoms with Crippen LogP contribution in [0.4, 0.5) is 13.2 Å².